The van der Waals surface area contributed by atoms with Crippen LogP contribution >= 0.6 is 0 Å². The van der Waals surface area contributed by atoms with Crippen LogP contribution in [0.25, 0.3) is 71.3 Å². The number of fused-ring (bicyclic) bond motifs is 12. The average Bonchev–Trinajstić information content (AvgIpc) is 4.02. The fourth-order valence-corrected chi connectivity index (χ4v) is 12.4. The highest BCUT2D eigenvalue weighted by molar-refractivity contribution is 6.88. The van der Waals surface area contributed by atoms with E-state index in [0.717, 1.165) is 50.3 Å². The van der Waals surface area contributed by atoms with E-state index in [4.69, 9.17) is 4.42 Å². The second-order valence-electron chi connectivity index (χ2n) is 18.8. The number of hydrogen-bond acceptors (Lipinski definition) is 2. The lowest BCUT2D eigenvalue weighted by Crippen LogP contribution is -2.37. The van der Waals surface area contributed by atoms with Crippen molar-refractivity contribution in [2.45, 2.75) is 25.1 Å². The number of hydrogen-bond donors (Lipinski definition) is 0. The summed E-state index contributed by atoms with van der Waals surface area (Å²) in [6, 6.07) is 82.9. The Bertz CT molecular complexity index is 3800. The van der Waals surface area contributed by atoms with Gasteiger partial charge in [-0.25, -0.2) is 0 Å². The van der Waals surface area contributed by atoms with E-state index >= 15 is 0 Å². The molecule has 66 heavy (non-hydrogen) atoms. The Hall–Kier alpha value is -7.92. The molecule has 0 amide bonds. The van der Waals surface area contributed by atoms with Gasteiger partial charge in [0.05, 0.1) is 35.6 Å². The number of benzene rings is 10. The summed E-state index contributed by atoms with van der Waals surface area (Å²) in [5, 5.41) is 8.46. The fraction of sp³-hybridized carbons (Fsp3) is 0.0645. The largest absolute Gasteiger partial charge is 0.455 e. The number of anilines is 3. The topological polar surface area (TPSA) is 21.3 Å². The Kier molecular flexibility index (Phi) is 8.49. The van der Waals surface area contributed by atoms with Gasteiger partial charge in [-0.15, -0.1) is 0 Å². The van der Waals surface area contributed by atoms with Crippen LogP contribution in [0.1, 0.15) is 22.3 Å². The van der Waals surface area contributed by atoms with Crippen LogP contribution in [0.5, 0.6) is 0 Å². The highest BCUT2D eigenvalue weighted by Gasteiger charge is 2.49. The van der Waals surface area contributed by atoms with Crippen LogP contribution in [0, 0.1) is 0 Å². The maximum Gasteiger partial charge on any atom is 0.145 e. The Labute approximate surface area is 385 Å². The molecule has 314 valence electrons. The van der Waals surface area contributed by atoms with Crippen molar-refractivity contribution in [1.82, 2.24) is 4.57 Å². The predicted molar refractivity (Wildman–Crippen MR) is 281 cm³/mol. The molecule has 0 N–H and O–H groups in total. The molecule has 2 heterocycles. The molecule has 13 rings (SSSR count). The molecule has 0 spiro atoms. The van der Waals surface area contributed by atoms with Crippen molar-refractivity contribution in [2.24, 2.45) is 0 Å². The molecule has 0 atom stereocenters. The molecule has 0 aliphatic heterocycles. The molecule has 0 saturated carbocycles. The number of furan rings is 1. The first-order valence-corrected chi connectivity index (χ1v) is 26.5. The molecular formula is C62H46N2OSi. The number of rotatable bonds is 7. The third-order valence-electron chi connectivity index (χ3n) is 14.2. The molecule has 0 bridgehead atoms. The van der Waals surface area contributed by atoms with Gasteiger partial charge in [-0.1, -0.05) is 189 Å². The average molecular weight is 863 g/mol. The molecule has 10 aromatic carbocycles. The zero-order valence-corrected chi connectivity index (χ0v) is 38.2. The highest BCUT2D eigenvalue weighted by Crippen LogP contribution is 2.62. The molecule has 12 aromatic rings. The Morgan fingerprint density at radius 3 is 1.76 bits per heavy atom. The summed E-state index contributed by atoms with van der Waals surface area (Å²) < 4.78 is 9.75. The van der Waals surface area contributed by atoms with E-state index in [1.54, 1.807) is 0 Å². The third-order valence-corrected chi connectivity index (χ3v) is 16.3. The summed E-state index contributed by atoms with van der Waals surface area (Å²) in [7, 11) is -1.62. The van der Waals surface area contributed by atoms with Crippen LogP contribution in [0.4, 0.5) is 17.1 Å². The Morgan fingerprint density at radius 2 is 1.05 bits per heavy atom. The zero-order chi connectivity index (χ0) is 44.1. The van der Waals surface area contributed by atoms with Gasteiger partial charge >= 0.3 is 0 Å². The Balaban J connectivity index is 1.20. The summed E-state index contributed by atoms with van der Waals surface area (Å²) in [5.74, 6) is 0. The van der Waals surface area contributed by atoms with E-state index in [1.165, 1.54) is 65.6 Å². The van der Waals surface area contributed by atoms with Gasteiger partial charge in [0, 0.05) is 38.8 Å². The van der Waals surface area contributed by atoms with Gasteiger partial charge in [0.15, 0.2) is 0 Å². The maximum atomic E-state index is 7.35. The number of nitrogens with zero attached hydrogens (tertiary/aromatic N) is 2. The molecular weight excluding hydrogens is 817 g/mol. The molecule has 1 aliphatic rings. The lowest BCUT2D eigenvalue weighted by molar-refractivity contribution is 0.669. The first-order chi connectivity index (χ1) is 32.4. The van der Waals surface area contributed by atoms with Crippen LogP contribution in [0.15, 0.2) is 229 Å². The van der Waals surface area contributed by atoms with Crippen molar-refractivity contribution in [3.05, 3.63) is 247 Å². The smallest absolute Gasteiger partial charge is 0.145 e. The predicted octanol–water partition coefficient (Wildman–Crippen LogP) is 16.2. The third kappa shape index (κ3) is 5.55. The second kappa shape index (κ2) is 14.5. The molecule has 1 aliphatic carbocycles. The van der Waals surface area contributed by atoms with Gasteiger partial charge in [0.25, 0.3) is 0 Å². The standard InChI is InChI=1S/C62H46N2OSi/c1-66(2,3)47-35-32-45(33-36-47)63(46-34-38-55-51(39-46)49-27-15-17-29-54(49)64(55)44-24-11-6-12-25-44)56-40-53-60(61-59(56)50-28-16-18-30-57(50)65-61)58-48-26-14-13-19-41(48)31-37-52(58)62(53,42-20-7-4-8-21-42)43-22-9-5-10-23-43/h4-40H,1-3H3. The lowest BCUT2D eigenvalue weighted by atomic mass is 9.67. The van der Waals surface area contributed by atoms with Crippen molar-refractivity contribution < 1.29 is 4.42 Å². The lowest BCUT2D eigenvalue weighted by Gasteiger charge is -2.35. The SMILES string of the molecule is C[Si](C)(C)c1ccc(N(c2ccc3c(c2)c2ccccc2n3-c2ccccc2)c2cc3c(c4oc5ccccc5c24)-c2c(ccc4ccccc24)C3(c2ccccc2)c2ccccc2)cc1. The van der Waals surface area contributed by atoms with E-state index in [2.05, 4.69) is 254 Å². The normalized spacial score (nSPS) is 13.2. The molecule has 0 radical (unpaired) electrons. The molecule has 0 fully saturated rings. The van der Waals surface area contributed by atoms with Crippen molar-refractivity contribution in [3.8, 4) is 16.8 Å². The van der Waals surface area contributed by atoms with E-state index in [-0.39, 0.29) is 0 Å². The molecule has 0 saturated heterocycles. The first kappa shape index (κ1) is 38.5. The summed E-state index contributed by atoms with van der Waals surface area (Å²) in [6.07, 6.45) is 0. The van der Waals surface area contributed by atoms with E-state index in [1.807, 2.05) is 0 Å². The minimum atomic E-state index is -1.62. The van der Waals surface area contributed by atoms with E-state index in [9.17, 15) is 0 Å². The fourth-order valence-electron chi connectivity index (χ4n) is 11.3. The zero-order valence-electron chi connectivity index (χ0n) is 37.2. The van der Waals surface area contributed by atoms with Gasteiger partial charge in [-0.2, -0.15) is 0 Å². The minimum Gasteiger partial charge on any atom is -0.455 e. The minimum absolute atomic E-state index is 0.667. The van der Waals surface area contributed by atoms with Gasteiger partial charge in [-0.3, -0.25) is 0 Å². The van der Waals surface area contributed by atoms with Crippen molar-refractivity contribution >= 4 is 84.8 Å². The van der Waals surface area contributed by atoms with Crippen molar-refractivity contribution in [1.29, 1.82) is 0 Å². The molecule has 4 heteroatoms. The Morgan fingerprint density at radius 1 is 0.455 bits per heavy atom. The summed E-state index contributed by atoms with van der Waals surface area (Å²) in [6.45, 7) is 7.27. The van der Waals surface area contributed by atoms with E-state index in [0.29, 0.717) is 0 Å². The van der Waals surface area contributed by atoms with Crippen LogP contribution < -0.4 is 10.1 Å². The number of para-hydroxylation sites is 3. The van der Waals surface area contributed by atoms with Crippen LogP contribution in [0.3, 0.4) is 0 Å². The molecule has 2 aromatic heterocycles. The molecule has 0 unspecified atom stereocenters. The summed E-state index contributed by atoms with van der Waals surface area (Å²) in [4.78, 5) is 2.51. The van der Waals surface area contributed by atoms with Crippen LogP contribution in [0.2, 0.25) is 19.6 Å². The maximum absolute atomic E-state index is 7.35. The van der Waals surface area contributed by atoms with Crippen molar-refractivity contribution in [2.75, 3.05) is 4.90 Å². The van der Waals surface area contributed by atoms with Gasteiger partial charge in [0.2, 0.25) is 0 Å². The van der Waals surface area contributed by atoms with Crippen molar-refractivity contribution in [3.63, 3.8) is 0 Å². The van der Waals surface area contributed by atoms with Gasteiger partial charge in [0.1, 0.15) is 11.2 Å². The summed E-state index contributed by atoms with van der Waals surface area (Å²) in [5.41, 5.74) is 15.1. The highest BCUT2D eigenvalue weighted by atomic mass is 28.3. The van der Waals surface area contributed by atoms with Crippen LogP contribution in [-0.4, -0.2) is 12.6 Å². The van der Waals surface area contributed by atoms with E-state index < -0.39 is 13.5 Å². The van der Waals surface area contributed by atoms with Gasteiger partial charge in [-0.05, 0) is 99.3 Å². The molecule has 3 nitrogen and oxygen atoms in total. The first-order valence-electron chi connectivity index (χ1n) is 23.0. The van der Waals surface area contributed by atoms with Crippen LogP contribution in [-0.2, 0) is 5.41 Å². The number of aromatic nitrogens is 1. The second-order valence-corrected chi connectivity index (χ2v) is 23.9. The van der Waals surface area contributed by atoms with Gasteiger partial charge < -0.3 is 13.9 Å². The quantitative estimate of drug-likeness (QED) is 0.149. The monoisotopic (exact) mass is 862 g/mol. The summed E-state index contributed by atoms with van der Waals surface area (Å²) >= 11 is 0.